The standard InChI is InChI=1S/C20H20N6O2/c1-24-16-17(23-19(24)22-12-15-9-6-10-21-11-15)25(2)20(28)26(18(16)27)13-14-7-4-3-5-8-14/h3-11H,12-13H2,1-2H3,(H,22,23). The molecule has 1 N–H and O–H groups in total. The summed E-state index contributed by atoms with van der Waals surface area (Å²) in [5, 5.41) is 3.21. The lowest BCUT2D eigenvalue weighted by molar-refractivity contribution is 0.655. The van der Waals surface area contributed by atoms with Gasteiger partial charge >= 0.3 is 5.69 Å². The van der Waals surface area contributed by atoms with Crippen LogP contribution in [0.4, 0.5) is 5.95 Å². The van der Waals surface area contributed by atoms with Gasteiger partial charge in [0.15, 0.2) is 11.2 Å². The van der Waals surface area contributed by atoms with E-state index < -0.39 is 5.69 Å². The van der Waals surface area contributed by atoms with E-state index in [1.54, 1.807) is 31.1 Å². The van der Waals surface area contributed by atoms with E-state index >= 15 is 0 Å². The second kappa shape index (κ2) is 7.15. The van der Waals surface area contributed by atoms with E-state index in [-0.39, 0.29) is 12.1 Å². The first-order valence-electron chi connectivity index (χ1n) is 8.89. The molecule has 8 heteroatoms. The molecule has 3 heterocycles. The third-order valence-electron chi connectivity index (χ3n) is 4.72. The van der Waals surface area contributed by atoms with Crippen LogP contribution in [-0.4, -0.2) is 23.7 Å². The Morgan fingerprint density at radius 3 is 2.43 bits per heavy atom. The fourth-order valence-corrected chi connectivity index (χ4v) is 3.19. The van der Waals surface area contributed by atoms with Crippen molar-refractivity contribution in [2.24, 2.45) is 14.1 Å². The molecule has 0 unspecified atom stereocenters. The van der Waals surface area contributed by atoms with Crippen molar-refractivity contribution in [1.82, 2.24) is 23.7 Å². The molecule has 0 saturated carbocycles. The van der Waals surface area contributed by atoms with Gasteiger partial charge in [-0.3, -0.25) is 18.9 Å². The quantitative estimate of drug-likeness (QED) is 0.570. The monoisotopic (exact) mass is 376 g/mol. The maximum absolute atomic E-state index is 13.1. The van der Waals surface area contributed by atoms with Crippen LogP contribution in [0, 0.1) is 0 Å². The highest BCUT2D eigenvalue weighted by Crippen LogP contribution is 2.14. The van der Waals surface area contributed by atoms with Crippen LogP contribution in [0.5, 0.6) is 0 Å². The maximum atomic E-state index is 13.1. The largest absolute Gasteiger partial charge is 0.351 e. The van der Waals surface area contributed by atoms with E-state index in [1.807, 2.05) is 42.5 Å². The van der Waals surface area contributed by atoms with Crippen LogP contribution in [0.3, 0.4) is 0 Å². The van der Waals surface area contributed by atoms with Gasteiger partial charge in [0, 0.05) is 33.0 Å². The number of rotatable bonds is 5. The Morgan fingerprint density at radius 2 is 1.71 bits per heavy atom. The number of aromatic nitrogens is 5. The van der Waals surface area contributed by atoms with Gasteiger partial charge < -0.3 is 9.88 Å². The Labute approximate surface area is 160 Å². The van der Waals surface area contributed by atoms with Crippen molar-refractivity contribution in [3.05, 3.63) is 86.8 Å². The van der Waals surface area contributed by atoms with Crippen LogP contribution in [0.2, 0.25) is 0 Å². The van der Waals surface area contributed by atoms with Gasteiger partial charge in [-0.15, -0.1) is 0 Å². The predicted octanol–water partition coefficient (Wildman–Crippen LogP) is 1.49. The molecule has 0 bridgehead atoms. The highest BCUT2D eigenvalue weighted by atomic mass is 16.2. The number of hydrogen-bond acceptors (Lipinski definition) is 5. The summed E-state index contributed by atoms with van der Waals surface area (Å²) in [5.41, 5.74) is 1.87. The molecule has 8 nitrogen and oxygen atoms in total. The first kappa shape index (κ1) is 17.7. The number of nitrogens with zero attached hydrogens (tertiary/aromatic N) is 5. The highest BCUT2D eigenvalue weighted by Gasteiger charge is 2.18. The van der Waals surface area contributed by atoms with Gasteiger partial charge in [-0.05, 0) is 17.2 Å². The van der Waals surface area contributed by atoms with Crippen molar-refractivity contribution in [3.8, 4) is 0 Å². The number of benzene rings is 1. The molecule has 0 amide bonds. The predicted molar refractivity (Wildman–Crippen MR) is 107 cm³/mol. The minimum atomic E-state index is -0.390. The van der Waals surface area contributed by atoms with Gasteiger partial charge in [-0.25, -0.2) is 4.79 Å². The average molecular weight is 376 g/mol. The zero-order valence-electron chi connectivity index (χ0n) is 15.7. The molecule has 28 heavy (non-hydrogen) atoms. The van der Waals surface area contributed by atoms with E-state index in [4.69, 9.17) is 0 Å². The lowest BCUT2D eigenvalue weighted by atomic mass is 10.2. The highest BCUT2D eigenvalue weighted by molar-refractivity contribution is 5.74. The summed E-state index contributed by atoms with van der Waals surface area (Å²) in [6, 6.07) is 13.3. The van der Waals surface area contributed by atoms with Crippen LogP contribution in [0.1, 0.15) is 11.1 Å². The normalized spacial score (nSPS) is 11.1. The molecule has 0 radical (unpaired) electrons. The summed E-state index contributed by atoms with van der Waals surface area (Å²) in [5.74, 6) is 0.517. The van der Waals surface area contributed by atoms with E-state index in [2.05, 4.69) is 15.3 Å². The third kappa shape index (κ3) is 3.09. The molecule has 0 fully saturated rings. The number of hydrogen-bond donors (Lipinski definition) is 1. The van der Waals surface area contributed by atoms with E-state index in [0.717, 1.165) is 11.1 Å². The zero-order valence-corrected chi connectivity index (χ0v) is 15.7. The Morgan fingerprint density at radius 1 is 0.964 bits per heavy atom. The van der Waals surface area contributed by atoms with Crippen LogP contribution >= 0.6 is 0 Å². The van der Waals surface area contributed by atoms with Gasteiger partial charge in [0.2, 0.25) is 5.95 Å². The first-order chi connectivity index (χ1) is 13.6. The van der Waals surface area contributed by atoms with Crippen molar-refractivity contribution in [3.63, 3.8) is 0 Å². The van der Waals surface area contributed by atoms with Crippen molar-refractivity contribution in [2.75, 3.05) is 5.32 Å². The van der Waals surface area contributed by atoms with Gasteiger partial charge in [0.1, 0.15) is 0 Å². The number of nitrogens with one attached hydrogen (secondary N) is 1. The number of imidazole rings is 1. The molecule has 0 saturated heterocycles. The Bertz CT molecular complexity index is 1240. The van der Waals surface area contributed by atoms with Crippen LogP contribution in [-0.2, 0) is 27.2 Å². The Hall–Kier alpha value is -3.68. The zero-order chi connectivity index (χ0) is 19.7. The molecule has 4 rings (SSSR count). The number of aryl methyl sites for hydroxylation is 2. The summed E-state index contributed by atoms with van der Waals surface area (Å²) in [7, 11) is 3.39. The number of anilines is 1. The summed E-state index contributed by atoms with van der Waals surface area (Å²) in [6.45, 7) is 0.725. The molecule has 0 aliphatic heterocycles. The lowest BCUT2D eigenvalue weighted by Gasteiger charge is -2.09. The minimum absolute atomic E-state index is 0.214. The summed E-state index contributed by atoms with van der Waals surface area (Å²) in [6.07, 6.45) is 3.47. The third-order valence-corrected chi connectivity index (χ3v) is 4.72. The fraction of sp³-hybridized carbons (Fsp3) is 0.200. The Balaban J connectivity index is 1.77. The average Bonchev–Trinajstić information content (AvgIpc) is 3.06. The van der Waals surface area contributed by atoms with E-state index in [1.165, 1.54) is 9.13 Å². The lowest BCUT2D eigenvalue weighted by Crippen LogP contribution is -2.39. The second-order valence-corrected chi connectivity index (χ2v) is 6.60. The molecule has 0 aliphatic carbocycles. The minimum Gasteiger partial charge on any atom is -0.351 e. The van der Waals surface area contributed by atoms with Crippen LogP contribution < -0.4 is 16.6 Å². The fourth-order valence-electron chi connectivity index (χ4n) is 3.19. The van der Waals surface area contributed by atoms with Crippen LogP contribution in [0.15, 0.2) is 64.4 Å². The van der Waals surface area contributed by atoms with Gasteiger partial charge in [-0.1, -0.05) is 36.4 Å². The molecule has 142 valence electrons. The van der Waals surface area contributed by atoms with Gasteiger partial charge in [0.05, 0.1) is 6.54 Å². The topological polar surface area (TPSA) is 86.7 Å². The number of pyridine rings is 1. The van der Waals surface area contributed by atoms with Crippen molar-refractivity contribution in [1.29, 1.82) is 0 Å². The van der Waals surface area contributed by atoms with E-state index in [9.17, 15) is 9.59 Å². The molecular weight excluding hydrogens is 356 g/mol. The molecule has 0 aliphatic rings. The van der Waals surface area contributed by atoms with Crippen LogP contribution in [0.25, 0.3) is 11.2 Å². The van der Waals surface area contributed by atoms with Crippen molar-refractivity contribution >= 4 is 17.1 Å². The molecule has 0 atom stereocenters. The first-order valence-corrected chi connectivity index (χ1v) is 8.89. The molecule has 0 spiro atoms. The second-order valence-electron chi connectivity index (χ2n) is 6.60. The van der Waals surface area contributed by atoms with Gasteiger partial charge in [-0.2, -0.15) is 4.98 Å². The smallest absolute Gasteiger partial charge is 0.332 e. The molecule has 1 aromatic carbocycles. The summed E-state index contributed by atoms with van der Waals surface area (Å²) in [4.78, 5) is 34.4. The summed E-state index contributed by atoms with van der Waals surface area (Å²) >= 11 is 0. The van der Waals surface area contributed by atoms with E-state index in [0.29, 0.717) is 23.7 Å². The summed E-state index contributed by atoms with van der Waals surface area (Å²) < 4.78 is 4.34. The Kier molecular flexibility index (Phi) is 4.52. The van der Waals surface area contributed by atoms with Crippen molar-refractivity contribution in [2.45, 2.75) is 13.1 Å². The SMILES string of the molecule is Cn1c(NCc2cccnc2)nc2c1c(=O)n(Cc1ccccc1)c(=O)n2C. The molecular formula is C20H20N6O2. The van der Waals surface area contributed by atoms with Crippen molar-refractivity contribution < 1.29 is 0 Å². The molecule has 3 aromatic heterocycles. The molecule has 4 aromatic rings. The van der Waals surface area contributed by atoms with Gasteiger partial charge in [0.25, 0.3) is 5.56 Å². The maximum Gasteiger partial charge on any atom is 0.332 e. The number of fused-ring (bicyclic) bond motifs is 1.